The number of benzene rings is 1. The molecule has 2 rings (SSSR count). The van der Waals surface area contributed by atoms with E-state index >= 15 is 0 Å². The molecule has 1 unspecified atom stereocenters. The normalized spacial score (nSPS) is 24.3. The van der Waals surface area contributed by atoms with E-state index in [9.17, 15) is 0 Å². The van der Waals surface area contributed by atoms with Crippen LogP contribution in [0, 0.1) is 5.92 Å². The third-order valence-electron chi connectivity index (χ3n) is 3.11. The van der Waals surface area contributed by atoms with Gasteiger partial charge < -0.3 is 0 Å². The Morgan fingerprint density at radius 3 is 2.44 bits per heavy atom. The standard InChI is InChI=1S/C18H18/c1-3-5-8-16-13-14-18-10-7-6-9-17(18)12-11-15(16)4-2/h3-14,16H,1H2,2H3/b8-5?,12-11+,14-13-,15-4-. The highest BCUT2D eigenvalue weighted by atomic mass is 14.1. The minimum absolute atomic E-state index is 0.317. The van der Waals surface area contributed by atoms with Gasteiger partial charge >= 0.3 is 0 Å². The second kappa shape index (κ2) is 6.02. The predicted molar refractivity (Wildman–Crippen MR) is 81.1 cm³/mol. The number of rotatable bonds is 2. The molecule has 0 spiro atoms. The van der Waals surface area contributed by atoms with Crippen LogP contribution >= 0.6 is 0 Å². The Morgan fingerprint density at radius 2 is 1.78 bits per heavy atom. The van der Waals surface area contributed by atoms with Gasteiger partial charge in [-0.05, 0) is 23.6 Å². The fourth-order valence-corrected chi connectivity index (χ4v) is 2.09. The second-order valence-corrected chi connectivity index (χ2v) is 4.26. The molecule has 1 atom stereocenters. The van der Waals surface area contributed by atoms with Gasteiger partial charge in [0.15, 0.2) is 0 Å². The Morgan fingerprint density at radius 1 is 1.06 bits per heavy atom. The molecule has 0 aliphatic heterocycles. The predicted octanol–water partition coefficient (Wildman–Crippen LogP) is 5.03. The highest BCUT2D eigenvalue weighted by Crippen LogP contribution is 2.24. The van der Waals surface area contributed by atoms with Crippen LogP contribution in [0.4, 0.5) is 0 Å². The molecule has 0 aromatic heterocycles. The highest BCUT2D eigenvalue weighted by Gasteiger charge is 2.07. The summed E-state index contributed by atoms with van der Waals surface area (Å²) in [5, 5.41) is 0. The molecular weight excluding hydrogens is 216 g/mol. The zero-order chi connectivity index (χ0) is 12.8. The smallest absolute Gasteiger partial charge is 0.0201 e. The first-order chi connectivity index (χ1) is 8.85. The van der Waals surface area contributed by atoms with Crippen LogP contribution in [0.2, 0.25) is 0 Å². The summed E-state index contributed by atoms with van der Waals surface area (Å²) >= 11 is 0. The second-order valence-electron chi connectivity index (χ2n) is 4.26. The van der Waals surface area contributed by atoms with Crippen molar-refractivity contribution in [2.45, 2.75) is 6.92 Å². The van der Waals surface area contributed by atoms with Crippen LogP contribution in [0.15, 0.2) is 72.9 Å². The first-order valence-electron chi connectivity index (χ1n) is 6.26. The van der Waals surface area contributed by atoms with Crippen molar-refractivity contribution >= 4 is 12.2 Å². The van der Waals surface area contributed by atoms with Crippen molar-refractivity contribution in [1.82, 2.24) is 0 Å². The molecule has 1 aliphatic rings. The molecule has 0 amide bonds. The van der Waals surface area contributed by atoms with E-state index in [1.807, 2.05) is 12.2 Å². The van der Waals surface area contributed by atoms with Gasteiger partial charge in [0.25, 0.3) is 0 Å². The zero-order valence-corrected chi connectivity index (χ0v) is 10.7. The van der Waals surface area contributed by atoms with E-state index in [2.05, 4.69) is 74.2 Å². The van der Waals surface area contributed by atoms with E-state index in [0.29, 0.717) is 5.92 Å². The van der Waals surface area contributed by atoms with Crippen molar-refractivity contribution in [3.05, 3.63) is 84.0 Å². The lowest BCUT2D eigenvalue weighted by Gasteiger charge is -2.13. The van der Waals surface area contributed by atoms with Gasteiger partial charge in [0, 0.05) is 5.92 Å². The number of fused-ring (bicyclic) bond motifs is 1. The van der Waals surface area contributed by atoms with Crippen LogP contribution in [0.25, 0.3) is 12.2 Å². The average Bonchev–Trinajstić information content (AvgIpc) is 2.39. The first kappa shape index (κ1) is 12.4. The molecule has 0 nitrogen and oxygen atoms in total. The molecule has 0 N–H and O–H groups in total. The lowest BCUT2D eigenvalue weighted by molar-refractivity contribution is 1.01. The summed E-state index contributed by atoms with van der Waals surface area (Å²) < 4.78 is 0. The molecule has 0 radical (unpaired) electrons. The fourth-order valence-electron chi connectivity index (χ4n) is 2.09. The average molecular weight is 234 g/mol. The lowest BCUT2D eigenvalue weighted by Crippen LogP contribution is -1.97. The molecule has 1 aromatic carbocycles. The van der Waals surface area contributed by atoms with Crippen molar-refractivity contribution in [2.75, 3.05) is 0 Å². The Kier molecular flexibility index (Phi) is 4.14. The summed E-state index contributed by atoms with van der Waals surface area (Å²) in [4.78, 5) is 0. The quantitative estimate of drug-likeness (QED) is 0.629. The summed E-state index contributed by atoms with van der Waals surface area (Å²) in [5.41, 5.74) is 3.83. The maximum atomic E-state index is 3.73. The monoisotopic (exact) mass is 234 g/mol. The molecule has 1 aliphatic carbocycles. The van der Waals surface area contributed by atoms with Crippen molar-refractivity contribution < 1.29 is 0 Å². The Hall–Kier alpha value is -2.08. The lowest BCUT2D eigenvalue weighted by atomic mass is 9.92. The van der Waals surface area contributed by atoms with Crippen molar-refractivity contribution in [3.8, 4) is 0 Å². The largest absolute Gasteiger partial charge is 0.0991 e. The number of hydrogen-bond donors (Lipinski definition) is 0. The summed E-state index contributed by atoms with van der Waals surface area (Å²) in [6.07, 6.45) is 16.9. The van der Waals surface area contributed by atoms with Crippen LogP contribution in [0.1, 0.15) is 18.1 Å². The molecule has 0 bridgehead atoms. The molecule has 1 aromatic rings. The number of allylic oxidation sites excluding steroid dienone is 7. The van der Waals surface area contributed by atoms with Gasteiger partial charge in [-0.1, -0.05) is 79.5 Å². The number of hydrogen-bond acceptors (Lipinski definition) is 0. The van der Waals surface area contributed by atoms with Gasteiger partial charge in [0.1, 0.15) is 0 Å². The van der Waals surface area contributed by atoms with E-state index in [-0.39, 0.29) is 0 Å². The molecule has 0 heterocycles. The van der Waals surface area contributed by atoms with E-state index in [1.165, 1.54) is 16.7 Å². The summed E-state index contributed by atoms with van der Waals surface area (Å²) in [6, 6.07) is 8.43. The van der Waals surface area contributed by atoms with Crippen LogP contribution in [-0.4, -0.2) is 0 Å². The van der Waals surface area contributed by atoms with Crippen molar-refractivity contribution in [3.63, 3.8) is 0 Å². The van der Waals surface area contributed by atoms with Gasteiger partial charge in [-0.3, -0.25) is 0 Å². The van der Waals surface area contributed by atoms with Gasteiger partial charge in [0.05, 0.1) is 0 Å². The molecular formula is C18H18. The van der Waals surface area contributed by atoms with E-state index in [0.717, 1.165) is 0 Å². The van der Waals surface area contributed by atoms with Gasteiger partial charge in [-0.2, -0.15) is 0 Å². The molecule has 18 heavy (non-hydrogen) atoms. The van der Waals surface area contributed by atoms with Crippen LogP contribution in [0.5, 0.6) is 0 Å². The Balaban J connectivity index is 2.43. The SMILES string of the molecule is C=CC=CC1/C=C\c2ccccc2/C=C/C1=C/C. The van der Waals surface area contributed by atoms with Crippen molar-refractivity contribution in [2.24, 2.45) is 5.92 Å². The van der Waals surface area contributed by atoms with E-state index < -0.39 is 0 Å². The van der Waals surface area contributed by atoms with Crippen LogP contribution in [0.3, 0.4) is 0 Å². The van der Waals surface area contributed by atoms with Gasteiger partial charge in [0.2, 0.25) is 0 Å². The Labute approximate surface area is 109 Å². The highest BCUT2D eigenvalue weighted by molar-refractivity contribution is 5.68. The maximum absolute atomic E-state index is 3.73. The summed E-state index contributed by atoms with van der Waals surface area (Å²) in [6.45, 7) is 5.80. The third kappa shape index (κ3) is 2.78. The fraction of sp³-hybridized carbons (Fsp3) is 0.111. The van der Waals surface area contributed by atoms with E-state index in [1.54, 1.807) is 0 Å². The van der Waals surface area contributed by atoms with E-state index in [4.69, 9.17) is 0 Å². The Bertz CT molecular complexity index is 539. The first-order valence-corrected chi connectivity index (χ1v) is 6.26. The minimum Gasteiger partial charge on any atom is -0.0991 e. The topological polar surface area (TPSA) is 0 Å². The molecule has 90 valence electrons. The van der Waals surface area contributed by atoms with Crippen LogP contribution < -0.4 is 0 Å². The molecule has 0 saturated heterocycles. The third-order valence-corrected chi connectivity index (χ3v) is 3.11. The molecule has 0 saturated carbocycles. The van der Waals surface area contributed by atoms with Gasteiger partial charge in [-0.25, -0.2) is 0 Å². The minimum atomic E-state index is 0.317. The maximum Gasteiger partial charge on any atom is 0.0201 e. The van der Waals surface area contributed by atoms with Crippen molar-refractivity contribution in [1.29, 1.82) is 0 Å². The van der Waals surface area contributed by atoms with Gasteiger partial charge in [-0.15, -0.1) is 0 Å². The summed E-state index contributed by atoms with van der Waals surface area (Å²) in [5.74, 6) is 0.317. The summed E-state index contributed by atoms with van der Waals surface area (Å²) in [7, 11) is 0. The molecule has 0 heteroatoms. The molecule has 0 fully saturated rings. The zero-order valence-electron chi connectivity index (χ0n) is 10.7. The van der Waals surface area contributed by atoms with Crippen LogP contribution in [-0.2, 0) is 0 Å².